The molecule has 15 nitrogen and oxygen atoms in total. The molecule has 0 aliphatic carbocycles. The number of phosphoric ester groups is 1. The first-order valence-corrected chi connectivity index (χ1v) is 13.5. The molecule has 32 heavy (non-hydrogen) atoms. The minimum Gasteiger partial charge on any atom is -0.352 e. The van der Waals surface area contributed by atoms with Crippen LogP contribution in [-0.2, 0) is 31.6 Å². The number of allylic oxidation sites excluding steroid dienone is 1. The smallest absolute Gasteiger partial charge is 0.352 e. The largest absolute Gasteiger partial charge is 0.490 e. The van der Waals surface area contributed by atoms with Crippen LogP contribution in [0.15, 0.2) is 21.9 Å². The third-order valence-corrected chi connectivity index (χ3v) is 8.42. The number of hydrogen-bond donors (Lipinski definition) is 5. The van der Waals surface area contributed by atoms with Crippen LogP contribution in [0.1, 0.15) is 32.6 Å². The van der Waals surface area contributed by atoms with Crippen LogP contribution in [-0.4, -0.2) is 41.8 Å². The Kier molecular flexibility index (Phi) is 8.42. The van der Waals surface area contributed by atoms with Crippen molar-refractivity contribution in [3.05, 3.63) is 38.7 Å². The fraction of sp³-hybridized carbons (Fsp3) is 0.571. The number of nitrogens with one attached hydrogen (secondary N) is 1. The molecule has 6 atom stereocenters. The van der Waals surface area contributed by atoms with E-state index in [1.165, 1.54) is 12.3 Å². The highest BCUT2D eigenvalue weighted by molar-refractivity contribution is 7.66. The number of nitrogens with zero attached hydrogens (tertiary/aromatic N) is 1. The number of ether oxygens (including phenoxy) is 1. The van der Waals surface area contributed by atoms with Crippen LogP contribution in [0.2, 0.25) is 0 Å². The predicted molar refractivity (Wildman–Crippen MR) is 108 cm³/mol. The van der Waals surface area contributed by atoms with E-state index in [-0.39, 0.29) is 17.4 Å². The lowest BCUT2D eigenvalue weighted by atomic mass is 9.93. The standard InChI is InChI=1S/C14H23N2O13P3/c1-4-5-10-6-16(14(18)15-12(10)17)13-9(3)8(2)11(27-13)7-26-31(22,23)29-32(24,25)28-30(19,20)21/h4-6,8-9,11,13H,7H2,1-3H3,(H,22,23)(H,24,25)(H,15,17,18)(H2,19,20,21)/b5-4+. The van der Waals surface area contributed by atoms with Crippen LogP contribution < -0.4 is 11.2 Å². The number of phosphoric acid groups is 3. The van der Waals surface area contributed by atoms with Gasteiger partial charge >= 0.3 is 29.2 Å². The maximum atomic E-state index is 12.3. The third-order valence-electron chi connectivity index (χ3n) is 4.61. The molecule has 1 aliphatic rings. The van der Waals surface area contributed by atoms with Crippen LogP contribution in [0, 0.1) is 11.8 Å². The van der Waals surface area contributed by atoms with Gasteiger partial charge in [-0.25, -0.2) is 18.5 Å². The topological polar surface area (TPSA) is 224 Å². The van der Waals surface area contributed by atoms with Crippen molar-refractivity contribution in [2.24, 2.45) is 11.8 Å². The van der Waals surface area contributed by atoms with Crippen molar-refractivity contribution in [3.63, 3.8) is 0 Å². The number of aromatic amines is 1. The highest BCUT2D eigenvalue weighted by atomic mass is 31.3. The summed E-state index contributed by atoms with van der Waals surface area (Å²) in [5.74, 6) is -0.706. The second-order valence-corrected chi connectivity index (χ2v) is 11.3. The van der Waals surface area contributed by atoms with Gasteiger partial charge in [-0.3, -0.25) is 18.9 Å². The van der Waals surface area contributed by atoms with Gasteiger partial charge in [-0.05, 0) is 12.8 Å². The Morgan fingerprint density at radius 3 is 2.28 bits per heavy atom. The molecule has 5 N–H and O–H groups in total. The maximum absolute atomic E-state index is 12.3. The zero-order chi connectivity index (χ0) is 24.5. The SMILES string of the molecule is C/C=C/c1cn(C2OC(COP(=O)(O)OP(=O)(O)OP(=O)(O)O)C(C)C2C)c(=O)[nH]c1=O. The molecule has 0 spiro atoms. The van der Waals surface area contributed by atoms with Gasteiger partial charge in [0.25, 0.3) is 5.56 Å². The van der Waals surface area contributed by atoms with Crippen molar-refractivity contribution in [1.29, 1.82) is 0 Å². The zero-order valence-corrected chi connectivity index (χ0v) is 19.7. The summed E-state index contributed by atoms with van der Waals surface area (Å²) in [5, 5.41) is 0. The molecule has 182 valence electrons. The summed E-state index contributed by atoms with van der Waals surface area (Å²) >= 11 is 0. The highest BCUT2D eigenvalue weighted by Gasteiger charge is 2.44. The van der Waals surface area contributed by atoms with E-state index in [0.29, 0.717) is 0 Å². The lowest BCUT2D eigenvalue weighted by Crippen LogP contribution is -2.35. The molecule has 18 heteroatoms. The summed E-state index contributed by atoms with van der Waals surface area (Å²) in [6.07, 6.45) is 2.62. The van der Waals surface area contributed by atoms with Crippen molar-refractivity contribution in [2.75, 3.05) is 6.61 Å². The molecule has 1 fully saturated rings. The molecule has 1 aliphatic heterocycles. The molecule has 1 aromatic heterocycles. The third kappa shape index (κ3) is 7.14. The first kappa shape index (κ1) is 27.0. The summed E-state index contributed by atoms with van der Waals surface area (Å²) in [7, 11) is -16.4. The molecule has 1 saturated heterocycles. The number of hydrogen-bond acceptors (Lipinski definition) is 9. The lowest BCUT2D eigenvalue weighted by Gasteiger charge is -2.20. The molecule has 0 bridgehead atoms. The molecule has 0 amide bonds. The number of rotatable bonds is 9. The molecule has 0 saturated carbocycles. The molecule has 0 radical (unpaired) electrons. The van der Waals surface area contributed by atoms with Crippen LogP contribution in [0.25, 0.3) is 6.08 Å². The number of H-pyrrole nitrogens is 1. The molecule has 2 rings (SSSR count). The second kappa shape index (κ2) is 9.96. The van der Waals surface area contributed by atoms with Crippen LogP contribution in [0.4, 0.5) is 0 Å². The van der Waals surface area contributed by atoms with Crippen molar-refractivity contribution < 1.29 is 51.2 Å². The fourth-order valence-electron chi connectivity index (χ4n) is 2.99. The van der Waals surface area contributed by atoms with E-state index in [1.807, 2.05) is 0 Å². The zero-order valence-electron chi connectivity index (χ0n) is 17.0. The Hall–Kier alpha value is -1.21. The van der Waals surface area contributed by atoms with Crippen molar-refractivity contribution in [3.8, 4) is 0 Å². The lowest BCUT2D eigenvalue weighted by molar-refractivity contribution is -0.0370. The van der Waals surface area contributed by atoms with Gasteiger partial charge in [-0.1, -0.05) is 26.0 Å². The normalized spacial score (nSPS) is 28.0. The van der Waals surface area contributed by atoms with E-state index in [2.05, 4.69) is 18.1 Å². The fourth-order valence-corrected chi connectivity index (χ4v) is 6.02. The second-order valence-electron chi connectivity index (χ2n) is 6.92. The van der Waals surface area contributed by atoms with Gasteiger partial charge < -0.3 is 24.3 Å². The van der Waals surface area contributed by atoms with Gasteiger partial charge in [0, 0.05) is 12.1 Å². The average molecular weight is 520 g/mol. The van der Waals surface area contributed by atoms with Crippen LogP contribution >= 0.6 is 23.5 Å². The first-order valence-electron chi connectivity index (χ1n) is 8.97. The molecule has 6 unspecified atom stereocenters. The minimum absolute atomic E-state index is 0.201. The van der Waals surface area contributed by atoms with E-state index >= 15 is 0 Å². The average Bonchev–Trinajstić information content (AvgIpc) is 2.87. The van der Waals surface area contributed by atoms with Gasteiger partial charge in [0.05, 0.1) is 18.3 Å². The van der Waals surface area contributed by atoms with Crippen molar-refractivity contribution in [1.82, 2.24) is 9.55 Å². The van der Waals surface area contributed by atoms with Gasteiger partial charge in [0.2, 0.25) is 0 Å². The monoisotopic (exact) mass is 520 g/mol. The van der Waals surface area contributed by atoms with Gasteiger partial charge in [-0.15, -0.1) is 0 Å². The van der Waals surface area contributed by atoms with Gasteiger partial charge in [0.1, 0.15) is 6.23 Å². The molecular weight excluding hydrogens is 497 g/mol. The molecule has 1 aromatic rings. The Morgan fingerprint density at radius 1 is 1.09 bits per heavy atom. The van der Waals surface area contributed by atoms with E-state index in [4.69, 9.17) is 14.5 Å². The Bertz CT molecular complexity index is 1120. The van der Waals surface area contributed by atoms with E-state index in [9.17, 15) is 33.1 Å². The van der Waals surface area contributed by atoms with Crippen LogP contribution in [0.3, 0.4) is 0 Å². The highest BCUT2D eigenvalue weighted by Crippen LogP contribution is 2.66. The van der Waals surface area contributed by atoms with E-state index < -0.39 is 53.7 Å². The Balaban J connectivity index is 2.14. The summed E-state index contributed by atoms with van der Waals surface area (Å²) in [6.45, 7) is 4.46. The first-order chi connectivity index (χ1) is 14.6. The van der Waals surface area contributed by atoms with Crippen LogP contribution in [0.5, 0.6) is 0 Å². The quantitative estimate of drug-likeness (QED) is 0.288. The Morgan fingerprint density at radius 2 is 1.72 bits per heavy atom. The predicted octanol–water partition coefficient (Wildman–Crippen LogP) is 1.08. The van der Waals surface area contributed by atoms with Crippen molar-refractivity contribution in [2.45, 2.75) is 33.1 Å². The summed E-state index contributed by atoms with van der Waals surface area (Å²) < 4.78 is 52.8. The molecule has 2 heterocycles. The summed E-state index contributed by atoms with van der Waals surface area (Å²) in [4.78, 5) is 62.2. The maximum Gasteiger partial charge on any atom is 0.490 e. The summed E-state index contributed by atoms with van der Waals surface area (Å²) in [6, 6.07) is 0. The molecule has 0 aromatic carbocycles. The number of aromatic nitrogens is 2. The summed E-state index contributed by atoms with van der Waals surface area (Å²) in [5.41, 5.74) is -1.12. The van der Waals surface area contributed by atoms with E-state index in [1.54, 1.807) is 26.8 Å². The Labute approximate surface area is 181 Å². The molecular formula is C14H23N2O13P3. The van der Waals surface area contributed by atoms with Crippen molar-refractivity contribution >= 4 is 29.5 Å². The minimum atomic E-state index is -5.64. The van der Waals surface area contributed by atoms with E-state index in [0.717, 1.165) is 4.57 Å². The van der Waals surface area contributed by atoms with Gasteiger partial charge in [0.15, 0.2) is 0 Å². The van der Waals surface area contributed by atoms with Gasteiger partial charge in [-0.2, -0.15) is 8.62 Å².